The van der Waals surface area contributed by atoms with Gasteiger partial charge in [0, 0.05) is 0 Å². The summed E-state index contributed by atoms with van der Waals surface area (Å²) in [5, 5.41) is 4.99. The van der Waals surface area contributed by atoms with Crippen LogP contribution in [0.25, 0.3) is 16.6 Å². The summed E-state index contributed by atoms with van der Waals surface area (Å²) < 4.78 is 6.74. The van der Waals surface area contributed by atoms with Crippen LogP contribution in [0.2, 0.25) is 0 Å². The van der Waals surface area contributed by atoms with E-state index in [2.05, 4.69) is 48.4 Å². The van der Waals surface area contributed by atoms with Crippen LogP contribution in [0.5, 0.6) is 5.75 Å². The maximum atomic E-state index is 13.3. The zero-order valence-electron chi connectivity index (χ0n) is 20.7. The van der Waals surface area contributed by atoms with Crippen LogP contribution >= 0.6 is 11.8 Å². The molecule has 36 heavy (non-hydrogen) atoms. The molecule has 1 aromatic heterocycles. The largest absolute Gasteiger partial charge is 0.497 e. The molecule has 184 valence electrons. The molecule has 4 aromatic rings. The van der Waals surface area contributed by atoms with Crippen molar-refractivity contribution in [3.05, 3.63) is 94.3 Å². The van der Waals surface area contributed by atoms with E-state index in [9.17, 15) is 9.59 Å². The molecule has 8 heteroatoms. The van der Waals surface area contributed by atoms with Gasteiger partial charge in [0.05, 0.1) is 35.7 Å². The summed E-state index contributed by atoms with van der Waals surface area (Å²) in [4.78, 5) is 30.5. The minimum Gasteiger partial charge on any atom is -0.497 e. The summed E-state index contributed by atoms with van der Waals surface area (Å²) in [5.41, 5.74) is 5.75. The number of rotatable bonds is 7. The zero-order chi connectivity index (χ0) is 25.7. The smallest absolute Gasteiger partial charge is 0.266 e. The molecule has 0 bridgehead atoms. The first-order chi connectivity index (χ1) is 17.3. The van der Waals surface area contributed by atoms with E-state index in [1.165, 1.54) is 21.9 Å². The number of hydrogen-bond acceptors (Lipinski definition) is 6. The van der Waals surface area contributed by atoms with E-state index in [0.717, 1.165) is 5.56 Å². The van der Waals surface area contributed by atoms with Gasteiger partial charge in [-0.1, -0.05) is 68.9 Å². The van der Waals surface area contributed by atoms with Gasteiger partial charge in [0.15, 0.2) is 5.16 Å². The van der Waals surface area contributed by atoms with Crippen LogP contribution in [0.15, 0.2) is 87.8 Å². The van der Waals surface area contributed by atoms with Gasteiger partial charge >= 0.3 is 0 Å². The number of hydrazone groups is 1. The third-order valence-corrected chi connectivity index (χ3v) is 6.53. The highest BCUT2D eigenvalue weighted by atomic mass is 32.2. The average molecular weight is 501 g/mol. The average Bonchev–Trinajstić information content (AvgIpc) is 2.87. The molecule has 0 aliphatic rings. The number of amides is 1. The van der Waals surface area contributed by atoms with Crippen LogP contribution in [0, 0.1) is 0 Å². The van der Waals surface area contributed by atoms with Crippen LogP contribution in [0.1, 0.15) is 31.9 Å². The molecule has 0 saturated heterocycles. The fourth-order valence-corrected chi connectivity index (χ4v) is 4.38. The number of carbonyl (C=O) groups is 1. The van der Waals surface area contributed by atoms with Crippen LogP contribution in [0.4, 0.5) is 0 Å². The molecular formula is C28H28N4O3S. The molecule has 3 aromatic carbocycles. The van der Waals surface area contributed by atoms with E-state index in [-0.39, 0.29) is 22.6 Å². The van der Waals surface area contributed by atoms with Gasteiger partial charge in [-0.3, -0.25) is 14.2 Å². The van der Waals surface area contributed by atoms with E-state index in [0.29, 0.717) is 27.5 Å². The Labute approximate surface area is 214 Å². The van der Waals surface area contributed by atoms with Crippen LogP contribution in [0.3, 0.4) is 0 Å². The number of carbonyl (C=O) groups excluding carboxylic acids is 1. The minimum atomic E-state index is -0.300. The van der Waals surface area contributed by atoms with Crippen molar-refractivity contribution in [3.8, 4) is 11.4 Å². The van der Waals surface area contributed by atoms with Gasteiger partial charge in [0.25, 0.3) is 11.5 Å². The van der Waals surface area contributed by atoms with Crippen LogP contribution in [-0.2, 0) is 10.2 Å². The van der Waals surface area contributed by atoms with E-state index in [4.69, 9.17) is 4.74 Å². The molecule has 0 aliphatic carbocycles. The van der Waals surface area contributed by atoms with Crippen molar-refractivity contribution in [2.75, 3.05) is 12.9 Å². The van der Waals surface area contributed by atoms with Gasteiger partial charge in [0.2, 0.25) is 0 Å². The maximum Gasteiger partial charge on any atom is 0.266 e. The third-order valence-electron chi connectivity index (χ3n) is 5.59. The van der Waals surface area contributed by atoms with Gasteiger partial charge in [-0.05, 0) is 52.9 Å². The van der Waals surface area contributed by atoms with Crippen molar-refractivity contribution in [1.29, 1.82) is 0 Å². The van der Waals surface area contributed by atoms with Crippen LogP contribution in [-0.4, -0.2) is 34.5 Å². The summed E-state index contributed by atoms with van der Waals surface area (Å²) in [7, 11) is 1.59. The molecule has 7 nitrogen and oxygen atoms in total. The number of benzene rings is 3. The molecule has 0 spiro atoms. The molecule has 1 amide bonds. The fourth-order valence-electron chi connectivity index (χ4n) is 3.58. The summed E-state index contributed by atoms with van der Waals surface area (Å²) in [6, 6.07) is 22.4. The first-order valence-corrected chi connectivity index (χ1v) is 12.5. The Morgan fingerprint density at radius 2 is 1.75 bits per heavy atom. The number of hydrogen-bond donors (Lipinski definition) is 1. The summed E-state index contributed by atoms with van der Waals surface area (Å²) >= 11 is 1.17. The number of fused-ring (bicyclic) bond motifs is 1. The number of para-hydroxylation sites is 1. The number of aromatic nitrogens is 2. The maximum absolute atomic E-state index is 13.3. The minimum absolute atomic E-state index is 0.0429. The van der Waals surface area contributed by atoms with E-state index in [1.54, 1.807) is 55.8 Å². The lowest BCUT2D eigenvalue weighted by atomic mass is 9.87. The predicted molar refractivity (Wildman–Crippen MR) is 145 cm³/mol. The van der Waals surface area contributed by atoms with E-state index < -0.39 is 0 Å². The molecule has 4 rings (SSSR count). The lowest BCUT2D eigenvalue weighted by Crippen LogP contribution is -2.24. The molecular weight excluding hydrogens is 472 g/mol. The highest BCUT2D eigenvalue weighted by Crippen LogP contribution is 2.23. The topological polar surface area (TPSA) is 85.6 Å². The Kier molecular flexibility index (Phi) is 7.55. The molecule has 0 fully saturated rings. The second-order valence-electron chi connectivity index (χ2n) is 9.20. The normalized spacial score (nSPS) is 11.7. The molecule has 1 heterocycles. The Hall–Kier alpha value is -3.91. The van der Waals surface area contributed by atoms with Crippen molar-refractivity contribution < 1.29 is 9.53 Å². The first-order valence-electron chi connectivity index (χ1n) is 11.5. The van der Waals surface area contributed by atoms with Gasteiger partial charge in [-0.25, -0.2) is 10.4 Å². The summed E-state index contributed by atoms with van der Waals surface area (Å²) in [6.07, 6.45) is 1.61. The lowest BCUT2D eigenvalue weighted by molar-refractivity contribution is -0.118. The second-order valence-corrected chi connectivity index (χ2v) is 10.1. The Bertz CT molecular complexity index is 1450. The number of ether oxygens (including phenoxy) is 1. The number of nitrogens with zero attached hydrogens (tertiary/aromatic N) is 3. The summed E-state index contributed by atoms with van der Waals surface area (Å²) in [6.45, 7) is 6.48. The highest BCUT2D eigenvalue weighted by Gasteiger charge is 2.15. The summed E-state index contributed by atoms with van der Waals surface area (Å²) in [5.74, 6) is 0.424. The first kappa shape index (κ1) is 25.2. The van der Waals surface area contributed by atoms with Gasteiger partial charge in [0.1, 0.15) is 5.75 Å². The van der Waals surface area contributed by atoms with Crippen molar-refractivity contribution >= 4 is 34.8 Å². The van der Waals surface area contributed by atoms with Crippen LogP contribution < -0.4 is 15.7 Å². The third kappa shape index (κ3) is 5.83. The molecule has 0 aliphatic heterocycles. The van der Waals surface area contributed by atoms with Gasteiger partial charge in [-0.2, -0.15) is 5.10 Å². The second kappa shape index (κ2) is 10.8. The number of thioether (sulfide) groups is 1. The van der Waals surface area contributed by atoms with Crippen molar-refractivity contribution in [2.24, 2.45) is 5.10 Å². The highest BCUT2D eigenvalue weighted by molar-refractivity contribution is 7.99. The quantitative estimate of drug-likeness (QED) is 0.168. The molecule has 0 unspecified atom stereocenters. The Morgan fingerprint density at radius 3 is 2.42 bits per heavy atom. The standard InChI is InChI=1S/C28H28N4O3S/c1-28(2,3)20-11-9-19(10-12-20)17-29-31-25(33)18-36-27-30-24-8-6-5-7-23(24)26(34)32(27)21-13-15-22(35-4)16-14-21/h5-17H,18H2,1-4H3,(H,31,33). The van der Waals surface area contributed by atoms with E-state index in [1.807, 2.05) is 18.2 Å². The molecule has 1 N–H and O–H groups in total. The molecule has 0 radical (unpaired) electrons. The lowest BCUT2D eigenvalue weighted by Gasteiger charge is -2.18. The number of methoxy groups -OCH3 is 1. The molecule has 0 saturated carbocycles. The van der Waals surface area contributed by atoms with E-state index >= 15 is 0 Å². The fraction of sp³-hybridized carbons (Fsp3) is 0.214. The monoisotopic (exact) mass is 500 g/mol. The van der Waals surface area contributed by atoms with Gasteiger partial charge < -0.3 is 4.74 Å². The predicted octanol–water partition coefficient (Wildman–Crippen LogP) is 4.93. The zero-order valence-corrected chi connectivity index (χ0v) is 21.5. The van der Waals surface area contributed by atoms with Crippen molar-refractivity contribution in [2.45, 2.75) is 31.3 Å². The van der Waals surface area contributed by atoms with Crippen molar-refractivity contribution in [3.63, 3.8) is 0 Å². The molecule has 0 atom stereocenters. The van der Waals surface area contributed by atoms with Crippen molar-refractivity contribution in [1.82, 2.24) is 15.0 Å². The Morgan fingerprint density at radius 1 is 1.06 bits per heavy atom. The Balaban J connectivity index is 1.50. The SMILES string of the molecule is COc1ccc(-n2c(SCC(=O)NN=Cc3ccc(C(C)(C)C)cc3)nc3ccccc3c2=O)cc1. The number of nitrogens with one attached hydrogen (secondary N) is 1. The van der Waals surface area contributed by atoms with Gasteiger partial charge in [-0.15, -0.1) is 0 Å².